The fourth-order valence-electron chi connectivity index (χ4n) is 1.65. The molecule has 0 spiro atoms. The number of furan rings is 1. The van der Waals surface area contributed by atoms with Crippen LogP contribution in [0.1, 0.15) is 10.6 Å². The fraction of sp³-hybridized carbons (Fsp3) is 0. The van der Waals surface area contributed by atoms with E-state index in [4.69, 9.17) is 4.42 Å². The molecular weight excluding hydrogens is 298 g/mol. The molecule has 2 heterocycles. The number of hydrogen-bond donors (Lipinski definition) is 1. The lowest BCUT2D eigenvalue weighted by Gasteiger charge is -2.04. The molecule has 0 saturated heterocycles. The van der Waals surface area contributed by atoms with Gasteiger partial charge in [0.2, 0.25) is 0 Å². The van der Waals surface area contributed by atoms with E-state index in [1.54, 1.807) is 23.1 Å². The Morgan fingerprint density at radius 3 is 2.89 bits per heavy atom. The molecule has 3 rings (SSSR count). The first-order chi connectivity index (χ1) is 8.74. The van der Waals surface area contributed by atoms with Gasteiger partial charge < -0.3 is 4.42 Å². The lowest BCUT2D eigenvalue weighted by Crippen LogP contribution is -2.21. The summed E-state index contributed by atoms with van der Waals surface area (Å²) in [7, 11) is 0. The predicted molar refractivity (Wildman–Crippen MR) is 69.8 cm³/mol. The zero-order chi connectivity index (χ0) is 12.5. The van der Waals surface area contributed by atoms with E-state index in [-0.39, 0.29) is 11.7 Å². The van der Waals surface area contributed by atoms with Crippen molar-refractivity contribution in [3.05, 3.63) is 53.2 Å². The van der Waals surface area contributed by atoms with E-state index >= 15 is 0 Å². The second-order valence-electron chi connectivity index (χ2n) is 3.65. The average Bonchev–Trinajstić information content (AvgIpc) is 2.97. The summed E-state index contributed by atoms with van der Waals surface area (Å²) in [6, 6.07) is 10.8. The second kappa shape index (κ2) is 4.30. The Kier molecular flexibility index (Phi) is 2.64. The Hall–Kier alpha value is -2.08. The first-order valence-electron chi connectivity index (χ1n) is 5.23. The molecule has 0 radical (unpaired) electrons. The molecule has 0 aliphatic carbocycles. The summed E-state index contributed by atoms with van der Waals surface area (Å²) < 4.78 is 7.26. The Balaban J connectivity index is 1.90. The number of imidazole rings is 1. The van der Waals surface area contributed by atoms with Crippen LogP contribution in [0.5, 0.6) is 0 Å². The lowest BCUT2D eigenvalue weighted by molar-refractivity contribution is 0.0981. The highest BCUT2D eigenvalue weighted by Gasteiger charge is 2.11. The van der Waals surface area contributed by atoms with Gasteiger partial charge in [-0.3, -0.25) is 10.2 Å². The van der Waals surface area contributed by atoms with Crippen molar-refractivity contribution in [3.8, 4) is 0 Å². The number of para-hydroxylation sites is 2. The SMILES string of the molecule is O=C(Nn1cnc2ccccc21)c1ccc(Br)o1. The van der Waals surface area contributed by atoms with E-state index in [1.807, 2.05) is 24.3 Å². The molecule has 1 N–H and O–H groups in total. The van der Waals surface area contributed by atoms with Crippen LogP contribution in [-0.4, -0.2) is 15.6 Å². The zero-order valence-electron chi connectivity index (χ0n) is 9.13. The van der Waals surface area contributed by atoms with Crippen molar-refractivity contribution < 1.29 is 9.21 Å². The van der Waals surface area contributed by atoms with Gasteiger partial charge in [0.05, 0.1) is 11.0 Å². The number of aromatic nitrogens is 2. The van der Waals surface area contributed by atoms with Gasteiger partial charge in [0.15, 0.2) is 10.4 Å². The highest BCUT2D eigenvalue weighted by molar-refractivity contribution is 9.10. The summed E-state index contributed by atoms with van der Waals surface area (Å²) >= 11 is 3.15. The van der Waals surface area contributed by atoms with E-state index in [2.05, 4.69) is 26.3 Å². The number of hydrogen-bond acceptors (Lipinski definition) is 3. The van der Waals surface area contributed by atoms with Crippen LogP contribution < -0.4 is 5.43 Å². The average molecular weight is 306 g/mol. The van der Waals surface area contributed by atoms with Gasteiger partial charge >= 0.3 is 5.91 Å². The first-order valence-corrected chi connectivity index (χ1v) is 6.02. The molecule has 18 heavy (non-hydrogen) atoms. The Bertz CT molecular complexity index is 717. The summed E-state index contributed by atoms with van der Waals surface area (Å²) in [5.41, 5.74) is 4.34. The summed E-state index contributed by atoms with van der Waals surface area (Å²) in [5, 5.41) is 0. The van der Waals surface area contributed by atoms with Crippen molar-refractivity contribution in [2.24, 2.45) is 0 Å². The molecule has 1 aromatic carbocycles. The number of nitrogens with one attached hydrogen (secondary N) is 1. The van der Waals surface area contributed by atoms with Crippen molar-refractivity contribution >= 4 is 32.9 Å². The van der Waals surface area contributed by atoms with E-state index in [0.29, 0.717) is 4.67 Å². The van der Waals surface area contributed by atoms with Crippen LogP contribution in [0, 0.1) is 0 Å². The van der Waals surface area contributed by atoms with Crippen molar-refractivity contribution in [2.45, 2.75) is 0 Å². The summed E-state index contributed by atoms with van der Waals surface area (Å²) in [5.74, 6) is -0.0940. The largest absolute Gasteiger partial charge is 0.444 e. The van der Waals surface area contributed by atoms with Crippen molar-refractivity contribution in [1.29, 1.82) is 0 Å². The van der Waals surface area contributed by atoms with Crippen LogP contribution in [0.3, 0.4) is 0 Å². The molecule has 1 amide bonds. The molecule has 0 bridgehead atoms. The number of amides is 1. The maximum Gasteiger partial charge on any atom is 0.305 e. The summed E-state index contributed by atoms with van der Waals surface area (Å²) in [6.07, 6.45) is 1.56. The fourth-order valence-corrected chi connectivity index (χ4v) is 1.96. The highest BCUT2D eigenvalue weighted by atomic mass is 79.9. The molecule has 0 fully saturated rings. The lowest BCUT2D eigenvalue weighted by atomic mass is 10.3. The Morgan fingerprint density at radius 1 is 1.28 bits per heavy atom. The molecule has 3 aromatic rings. The predicted octanol–water partition coefficient (Wildman–Crippen LogP) is 2.78. The molecule has 0 unspecified atom stereocenters. The topological polar surface area (TPSA) is 60.1 Å². The number of nitrogens with zero attached hydrogens (tertiary/aromatic N) is 2. The van der Waals surface area contributed by atoms with Crippen molar-refractivity contribution in [1.82, 2.24) is 9.66 Å². The molecule has 0 atom stereocenters. The Morgan fingerprint density at radius 2 is 2.11 bits per heavy atom. The number of halogens is 1. The van der Waals surface area contributed by atoms with Gasteiger partial charge in [0, 0.05) is 0 Å². The number of carbonyl (C=O) groups excluding carboxylic acids is 1. The summed E-state index contributed by atoms with van der Waals surface area (Å²) in [4.78, 5) is 16.1. The van der Waals surface area contributed by atoms with Gasteiger partial charge in [0.25, 0.3) is 0 Å². The zero-order valence-corrected chi connectivity index (χ0v) is 10.7. The van der Waals surface area contributed by atoms with Gasteiger partial charge in [0.1, 0.15) is 6.33 Å². The number of benzene rings is 1. The van der Waals surface area contributed by atoms with Gasteiger partial charge in [-0.1, -0.05) is 12.1 Å². The minimum absolute atomic E-state index is 0.236. The van der Waals surface area contributed by atoms with Gasteiger partial charge in [-0.25, -0.2) is 9.66 Å². The van der Waals surface area contributed by atoms with Gasteiger partial charge in [-0.15, -0.1) is 0 Å². The van der Waals surface area contributed by atoms with Crippen molar-refractivity contribution in [3.63, 3.8) is 0 Å². The number of carbonyl (C=O) groups is 1. The smallest absolute Gasteiger partial charge is 0.305 e. The van der Waals surface area contributed by atoms with E-state index in [9.17, 15) is 4.79 Å². The maximum atomic E-state index is 11.9. The van der Waals surface area contributed by atoms with Crippen LogP contribution in [0.2, 0.25) is 0 Å². The maximum absolute atomic E-state index is 11.9. The van der Waals surface area contributed by atoms with E-state index < -0.39 is 0 Å². The van der Waals surface area contributed by atoms with E-state index in [0.717, 1.165) is 11.0 Å². The third kappa shape index (κ3) is 1.91. The highest BCUT2D eigenvalue weighted by Crippen LogP contribution is 2.15. The van der Waals surface area contributed by atoms with E-state index in [1.165, 1.54) is 0 Å². The molecule has 0 aliphatic rings. The molecule has 6 heteroatoms. The standard InChI is InChI=1S/C12H8BrN3O2/c13-11-6-5-10(18-11)12(17)15-16-7-14-8-3-1-2-4-9(8)16/h1-7H,(H,15,17). The molecule has 5 nitrogen and oxygen atoms in total. The molecule has 0 aliphatic heterocycles. The third-order valence-corrected chi connectivity index (χ3v) is 2.90. The second-order valence-corrected chi connectivity index (χ2v) is 4.43. The van der Waals surface area contributed by atoms with Crippen molar-refractivity contribution in [2.75, 3.05) is 5.43 Å². The molecular formula is C12H8BrN3O2. The monoisotopic (exact) mass is 305 g/mol. The van der Waals surface area contributed by atoms with Crippen LogP contribution >= 0.6 is 15.9 Å². The molecule has 0 saturated carbocycles. The summed E-state index contributed by atoms with van der Waals surface area (Å²) in [6.45, 7) is 0. The number of fused-ring (bicyclic) bond motifs is 1. The quantitative estimate of drug-likeness (QED) is 0.792. The minimum Gasteiger partial charge on any atom is -0.444 e. The van der Waals surface area contributed by atoms with Crippen LogP contribution in [0.4, 0.5) is 0 Å². The number of rotatable bonds is 2. The van der Waals surface area contributed by atoms with Crippen LogP contribution in [-0.2, 0) is 0 Å². The molecule has 2 aromatic heterocycles. The van der Waals surface area contributed by atoms with Gasteiger partial charge in [-0.2, -0.15) is 0 Å². The third-order valence-electron chi connectivity index (χ3n) is 2.47. The minimum atomic E-state index is -0.330. The Labute approximate surface area is 111 Å². The van der Waals surface area contributed by atoms with Gasteiger partial charge in [-0.05, 0) is 40.2 Å². The van der Waals surface area contributed by atoms with Crippen LogP contribution in [0.25, 0.3) is 11.0 Å². The first kappa shape index (κ1) is 11.0. The van der Waals surface area contributed by atoms with Crippen LogP contribution in [0.15, 0.2) is 51.8 Å². The molecule has 90 valence electrons. The normalized spacial score (nSPS) is 10.7.